The Balaban J connectivity index is 2.63. The molecule has 1 aliphatic heterocycles. The lowest BCUT2D eigenvalue weighted by atomic mass is 9.91. The number of methoxy groups -OCH3 is 1. The van der Waals surface area contributed by atoms with Gasteiger partial charge in [0.15, 0.2) is 0 Å². The molecule has 14 heavy (non-hydrogen) atoms. The minimum Gasteiger partial charge on any atom is -0.383 e. The molecule has 1 amide bonds. The minimum atomic E-state index is -0.827. The van der Waals surface area contributed by atoms with Crippen LogP contribution < -0.4 is 0 Å². The van der Waals surface area contributed by atoms with Crippen molar-refractivity contribution in [2.24, 2.45) is 0 Å². The molecule has 0 spiro atoms. The molecule has 4 heteroatoms. The van der Waals surface area contributed by atoms with Gasteiger partial charge in [0.25, 0.3) is 0 Å². The third-order valence-corrected chi connectivity index (χ3v) is 2.65. The highest BCUT2D eigenvalue weighted by molar-refractivity contribution is 5.88. The van der Waals surface area contributed by atoms with Crippen LogP contribution in [0.5, 0.6) is 0 Å². The number of nitrogens with zero attached hydrogens (tertiary/aromatic N) is 2. The van der Waals surface area contributed by atoms with Crippen molar-refractivity contribution >= 4 is 5.91 Å². The summed E-state index contributed by atoms with van der Waals surface area (Å²) in [5, 5.41) is 0. The Morgan fingerprint density at radius 1 is 1.71 bits per heavy atom. The van der Waals surface area contributed by atoms with E-state index in [1.165, 1.54) is 0 Å². The topological polar surface area (TPSA) is 33.9 Å². The van der Waals surface area contributed by atoms with Crippen molar-refractivity contribution in [2.45, 2.75) is 25.3 Å². The number of likely N-dealkylation sites (tertiary alicyclic amines) is 1. The predicted molar refractivity (Wildman–Crippen MR) is 52.7 cm³/mol. The van der Waals surface area contributed by atoms with Crippen molar-refractivity contribution in [3.05, 3.63) is 11.4 Å². The van der Waals surface area contributed by atoms with Gasteiger partial charge in [-0.25, -0.2) is 6.57 Å². The second-order valence-electron chi connectivity index (χ2n) is 3.77. The Labute approximate surface area is 84.7 Å². The molecule has 1 saturated heterocycles. The van der Waals surface area contributed by atoms with Crippen molar-refractivity contribution in [2.75, 3.05) is 26.8 Å². The number of piperidine rings is 1. The summed E-state index contributed by atoms with van der Waals surface area (Å²) in [4.78, 5) is 17.0. The lowest BCUT2D eigenvalue weighted by Crippen LogP contribution is -2.50. The van der Waals surface area contributed by atoms with Crippen LogP contribution in [0.3, 0.4) is 0 Å². The first-order valence-corrected chi connectivity index (χ1v) is 4.81. The van der Waals surface area contributed by atoms with Crippen LogP contribution in [0, 0.1) is 6.57 Å². The molecule has 0 aromatic heterocycles. The Bertz CT molecular complexity index is 259. The molecular weight excluding hydrogens is 180 g/mol. The normalized spacial score (nSPS) is 27.5. The highest BCUT2D eigenvalue weighted by Gasteiger charge is 2.45. The van der Waals surface area contributed by atoms with Crippen LogP contribution in [0.25, 0.3) is 4.85 Å². The van der Waals surface area contributed by atoms with Gasteiger partial charge >= 0.3 is 11.4 Å². The molecular formula is C10H16N2O2. The van der Waals surface area contributed by atoms with E-state index in [1.54, 1.807) is 18.9 Å². The molecule has 1 atom stereocenters. The van der Waals surface area contributed by atoms with Gasteiger partial charge in [-0.05, 0) is 6.42 Å². The summed E-state index contributed by atoms with van der Waals surface area (Å²) in [6.45, 7) is 10.7. The second kappa shape index (κ2) is 4.43. The molecule has 0 bridgehead atoms. The fourth-order valence-electron chi connectivity index (χ4n) is 1.68. The van der Waals surface area contributed by atoms with Crippen LogP contribution in [0.2, 0.25) is 0 Å². The Hall–Kier alpha value is -1.08. The predicted octanol–water partition coefficient (Wildman–Crippen LogP) is 0.933. The summed E-state index contributed by atoms with van der Waals surface area (Å²) in [5.41, 5.74) is -0.827. The molecule has 4 nitrogen and oxygen atoms in total. The molecule has 78 valence electrons. The quantitative estimate of drug-likeness (QED) is 0.629. The zero-order valence-corrected chi connectivity index (χ0v) is 8.75. The zero-order valence-electron chi connectivity index (χ0n) is 8.75. The van der Waals surface area contributed by atoms with Crippen LogP contribution in [0.15, 0.2) is 0 Å². The van der Waals surface area contributed by atoms with Crippen LogP contribution >= 0.6 is 0 Å². The lowest BCUT2D eigenvalue weighted by Gasteiger charge is -2.31. The van der Waals surface area contributed by atoms with E-state index in [-0.39, 0.29) is 5.91 Å². The van der Waals surface area contributed by atoms with Gasteiger partial charge in [0.05, 0.1) is 6.61 Å². The molecule has 0 aromatic carbocycles. The largest absolute Gasteiger partial charge is 0.383 e. The minimum absolute atomic E-state index is 0.0456. The van der Waals surface area contributed by atoms with Crippen molar-refractivity contribution in [1.29, 1.82) is 0 Å². The molecule has 0 aromatic rings. The number of hydrogen-bond donors (Lipinski definition) is 0. The number of rotatable bonds is 3. The maximum atomic E-state index is 11.8. The highest BCUT2D eigenvalue weighted by Crippen LogP contribution is 2.25. The summed E-state index contributed by atoms with van der Waals surface area (Å²) in [6, 6.07) is 0. The molecule has 0 saturated carbocycles. The maximum Gasteiger partial charge on any atom is 0.308 e. The Kier molecular flexibility index (Phi) is 3.48. The Morgan fingerprint density at radius 2 is 2.43 bits per heavy atom. The number of amides is 1. The fraction of sp³-hybridized carbons (Fsp3) is 0.800. The SMILES string of the molecule is [C-]#[N+][C@]1(C)CCCN(CCOC)C1=O. The van der Waals surface area contributed by atoms with E-state index >= 15 is 0 Å². The molecule has 0 unspecified atom stereocenters. The van der Waals surface area contributed by atoms with Gasteiger partial charge in [-0.15, -0.1) is 0 Å². The average Bonchev–Trinajstić information content (AvgIpc) is 2.20. The maximum absolute atomic E-state index is 11.8. The lowest BCUT2D eigenvalue weighted by molar-refractivity contribution is -0.138. The second-order valence-corrected chi connectivity index (χ2v) is 3.77. The van der Waals surface area contributed by atoms with E-state index in [0.717, 1.165) is 13.0 Å². The summed E-state index contributed by atoms with van der Waals surface area (Å²) >= 11 is 0. The van der Waals surface area contributed by atoms with Gasteiger partial charge in [0.1, 0.15) is 0 Å². The fourth-order valence-corrected chi connectivity index (χ4v) is 1.68. The van der Waals surface area contributed by atoms with Crippen molar-refractivity contribution in [1.82, 2.24) is 4.90 Å². The van der Waals surface area contributed by atoms with Gasteiger partial charge < -0.3 is 14.5 Å². The standard InChI is InChI=1S/C10H16N2O2/c1-10(11-2)5-4-6-12(9(10)13)7-8-14-3/h4-8H2,1,3H3/t10-/m1/s1. The van der Waals surface area contributed by atoms with Gasteiger partial charge in [-0.2, -0.15) is 0 Å². The zero-order chi connectivity index (χ0) is 10.6. The van der Waals surface area contributed by atoms with Crippen LogP contribution in [-0.2, 0) is 9.53 Å². The molecule has 0 aliphatic carbocycles. The first-order chi connectivity index (χ1) is 6.64. The molecule has 0 radical (unpaired) electrons. The summed E-state index contributed by atoms with van der Waals surface area (Å²) in [7, 11) is 1.61. The first-order valence-electron chi connectivity index (χ1n) is 4.81. The number of ether oxygens (including phenoxy) is 1. The average molecular weight is 196 g/mol. The van der Waals surface area contributed by atoms with Gasteiger partial charge in [0.2, 0.25) is 0 Å². The number of carbonyl (C=O) groups is 1. The van der Waals surface area contributed by atoms with Crippen molar-refractivity contribution in [3.8, 4) is 0 Å². The third kappa shape index (κ3) is 2.05. The van der Waals surface area contributed by atoms with Crippen LogP contribution in [0.4, 0.5) is 0 Å². The number of hydrogen-bond acceptors (Lipinski definition) is 2. The van der Waals surface area contributed by atoms with E-state index in [0.29, 0.717) is 19.6 Å². The molecule has 1 heterocycles. The van der Waals surface area contributed by atoms with Crippen molar-refractivity contribution < 1.29 is 9.53 Å². The molecule has 1 aliphatic rings. The van der Waals surface area contributed by atoms with Crippen LogP contribution in [0.1, 0.15) is 19.8 Å². The van der Waals surface area contributed by atoms with Gasteiger partial charge in [-0.1, -0.05) is 0 Å². The summed E-state index contributed by atoms with van der Waals surface area (Å²) in [6.07, 6.45) is 1.59. The van der Waals surface area contributed by atoms with E-state index in [9.17, 15) is 4.79 Å². The Morgan fingerprint density at radius 3 is 3.00 bits per heavy atom. The van der Waals surface area contributed by atoms with E-state index in [4.69, 9.17) is 11.3 Å². The number of carbonyl (C=O) groups excluding carboxylic acids is 1. The van der Waals surface area contributed by atoms with E-state index in [1.807, 2.05) is 0 Å². The molecule has 1 fully saturated rings. The summed E-state index contributed by atoms with van der Waals surface area (Å²) in [5.74, 6) is -0.0456. The molecule has 1 rings (SSSR count). The third-order valence-electron chi connectivity index (χ3n) is 2.65. The van der Waals surface area contributed by atoms with Crippen LogP contribution in [-0.4, -0.2) is 43.2 Å². The van der Waals surface area contributed by atoms with Gasteiger partial charge in [-0.3, -0.25) is 4.79 Å². The highest BCUT2D eigenvalue weighted by atomic mass is 16.5. The van der Waals surface area contributed by atoms with E-state index in [2.05, 4.69) is 4.85 Å². The van der Waals surface area contributed by atoms with E-state index < -0.39 is 5.54 Å². The smallest absolute Gasteiger partial charge is 0.308 e. The van der Waals surface area contributed by atoms with Gasteiger partial charge in [0, 0.05) is 33.5 Å². The van der Waals surface area contributed by atoms with Crippen molar-refractivity contribution in [3.63, 3.8) is 0 Å². The monoisotopic (exact) mass is 196 g/mol. The molecule has 0 N–H and O–H groups in total. The summed E-state index contributed by atoms with van der Waals surface area (Å²) < 4.78 is 4.92. The first kappa shape index (κ1) is 11.0.